The fourth-order valence-electron chi connectivity index (χ4n) is 2.96. The van der Waals surface area contributed by atoms with E-state index >= 15 is 0 Å². The van der Waals surface area contributed by atoms with Crippen LogP contribution in [0.5, 0.6) is 0 Å². The van der Waals surface area contributed by atoms with Crippen LogP contribution in [0.15, 0.2) is 4.52 Å². The Labute approximate surface area is 118 Å². The number of hydrogen-bond acceptors (Lipinski definition) is 6. The van der Waals surface area contributed by atoms with E-state index in [0.717, 1.165) is 36.9 Å². The van der Waals surface area contributed by atoms with E-state index < -0.39 is 0 Å². The molecule has 5 nitrogen and oxygen atoms in total. The second-order valence-corrected chi connectivity index (χ2v) is 6.77. The van der Waals surface area contributed by atoms with Crippen LogP contribution in [0.2, 0.25) is 0 Å². The summed E-state index contributed by atoms with van der Waals surface area (Å²) in [5.74, 6) is 4.09. The molecule has 2 fully saturated rings. The maximum atomic E-state index is 6.18. The van der Waals surface area contributed by atoms with Gasteiger partial charge in [-0.2, -0.15) is 16.7 Å². The molecule has 0 amide bonds. The quantitative estimate of drug-likeness (QED) is 0.891. The van der Waals surface area contributed by atoms with Crippen LogP contribution in [0.25, 0.3) is 0 Å². The average Bonchev–Trinajstić information content (AvgIpc) is 2.89. The molecule has 3 atom stereocenters. The van der Waals surface area contributed by atoms with E-state index in [4.69, 9.17) is 10.3 Å². The second kappa shape index (κ2) is 5.81. The monoisotopic (exact) mass is 282 g/mol. The summed E-state index contributed by atoms with van der Waals surface area (Å²) < 4.78 is 5.50. The van der Waals surface area contributed by atoms with Crippen molar-refractivity contribution in [3.8, 4) is 0 Å². The van der Waals surface area contributed by atoms with E-state index in [1.165, 1.54) is 18.6 Å². The Morgan fingerprint density at radius 1 is 1.37 bits per heavy atom. The summed E-state index contributed by atoms with van der Waals surface area (Å²) in [5.41, 5.74) is 6.18. The van der Waals surface area contributed by atoms with E-state index in [1.807, 2.05) is 11.8 Å². The minimum Gasteiger partial charge on any atom is -0.339 e. The largest absolute Gasteiger partial charge is 0.339 e. The van der Waals surface area contributed by atoms with Crippen molar-refractivity contribution in [3.05, 3.63) is 11.7 Å². The number of thioether (sulfide) groups is 1. The molecule has 3 unspecified atom stereocenters. The molecule has 2 heterocycles. The Bertz CT molecular complexity index is 388. The molecule has 2 aliphatic rings. The third-order valence-electron chi connectivity index (χ3n) is 4.29. The maximum absolute atomic E-state index is 6.18. The molecule has 2 N–H and O–H groups in total. The summed E-state index contributed by atoms with van der Waals surface area (Å²) in [7, 11) is 2.13. The van der Waals surface area contributed by atoms with E-state index in [-0.39, 0.29) is 18.0 Å². The molecule has 106 valence electrons. The van der Waals surface area contributed by atoms with Gasteiger partial charge in [-0.1, -0.05) is 18.0 Å². The van der Waals surface area contributed by atoms with E-state index in [9.17, 15) is 0 Å². The first-order valence-corrected chi connectivity index (χ1v) is 8.28. The maximum Gasteiger partial charge on any atom is 0.231 e. The lowest BCUT2D eigenvalue weighted by Gasteiger charge is -2.29. The van der Waals surface area contributed by atoms with E-state index in [1.54, 1.807) is 0 Å². The van der Waals surface area contributed by atoms with Gasteiger partial charge >= 0.3 is 0 Å². The third-order valence-corrected chi connectivity index (χ3v) is 5.31. The smallest absolute Gasteiger partial charge is 0.231 e. The van der Waals surface area contributed by atoms with Gasteiger partial charge in [-0.15, -0.1) is 0 Å². The van der Waals surface area contributed by atoms with Crippen LogP contribution in [0.1, 0.15) is 49.4 Å². The lowest BCUT2D eigenvalue weighted by atomic mass is 9.85. The van der Waals surface area contributed by atoms with Crippen LogP contribution in [0.3, 0.4) is 0 Å². The third kappa shape index (κ3) is 2.80. The molecule has 19 heavy (non-hydrogen) atoms. The minimum absolute atomic E-state index is 0.181. The van der Waals surface area contributed by atoms with E-state index in [2.05, 4.69) is 22.1 Å². The molecule has 0 radical (unpaired) electrons. The zero-order chi connectivity index (χ0) is 13.2. The first-order chi connectivity index (χ1) is 9.25. The van der Waals surface area contributed by atoms with Gasteiger partial charge in [-0.25, -0.2) is 0 Å². The van der Waals surface area contributed by atoms with Crippen molar-refractivity contribution in [1.29, 1.82) is 0 Å². The standard InChI is InChI=1S/C13H22N4OS/c1-17-6-7-19-8-11(17)12-15-13(18-16-12)9-4-2-3-5-10(9)14/h9-11H,2-8,14H2,1H3. The number of hydrogen-bond donors (Lipinski definition) is 1. The highest BCUT2D eigenvalue weighted by Gasteiger charge is 2.31. The molecule has 1 aromatic heterocycles. The van der Waals surface area contributed by atoms with Gasteiger partial charge in [0.25, 0.3) is 0 Å². The molecule has 0 aromatic carbocycles. The summed E-state index contributed by atoms with van der Waals surface area (Å²) in [6.07, 6.45) is 4.59. The van der Waals surface area contributed by atoms with Gasteiger partial charge in [0.15, 0.2) is 5.82 Å². The van der Waals surface area contributed by atoms with Crippen molar-refractivity contribution in [2.45, 2.75) is 43.7 Å². The molecule has 1 saturated carbocycles. The Morgan fingerprint density at radius 2 is 2.21 bits per heavy atom. The van der Waals surface area contributed by atoms with Crippen LogP contribution in [-0.4, -0.2) is 46.2 Å². The summed E-state index contributed by atoms with van der Waals surface area (Å²) in [5, 5.41) is 4.20. The van der Waals surface area contributed by atoms with Crippen molar-refractivity contribution >= 4 is 11.8 Å². The molecule has 3 rings (SSSR count). The zero-order valence-corrected chi connectivity index (χ0v) is 12.2. The second-order valence-electron chi connectivity index (χ2n) is 5.62. The van der Waals surface area contributed by atoms with Crippen molar-refractivity contribution in [3.63, 3.8) is 0 Å². The predicted molar refractivity (Wildman–Crippen MR) is 76.2 cm³/mol. The summed E-state index contributed by atoms with van der Waals surface area (Å²) >= 11 is 1.96. The SMILES string of the molecule is CN1CCSCC1c1noc(C2CCCCC2N)n1. The van der Waals surface area contributed by atoms with Crippen LogP contribution in [0, 0.1) is 0 Å². The van der Waals surface area contributed by atoms with Crippen molar-refractivity contribution in [2.75, 3.05) is 25.1 Å². The van der Waals surface area contributed by atoms with Gasteiger partial charge in [0.2, 0.25) is 5.89 Å². The average molecular weight is 282 g/mol. The van der Waals surface area contributed by atoms with Gasteiger partial charge in [0.1, 0.15) is 0 Å². The van der Waals surface area contributed by atoms with Crippen LogP contribution in [-0.2, 0) is 0 Å². The van der Waals surface area contributed by atoms with Crippen LogP contribution >= 0.6 is 11.8 Å². The molecular weight excluding hydrogens is 260 g/mol. The minimum atomic E-state index is 0.181. The number of rotatable bonds is 2. The zero-order valence-electron chi connectivity index (χ0n) is 11.4. The topological polar surface area (TPSA) is 68.2 Å². The molecule has 0 bridgehead atoms. The fraction of sp³-hybridized carbons (Fsp3) is 0.846. The van der Waals surface area contributed by atoms with Crippen LogP contribution in [0.4, 0.5) is 0 Å². The van der Waals surface area contributed by atoms with Gasteiger partial charge in [0, 0.05) is 24.1 Å². The highest BCUT2D eigenvalue weighted by Crippen LogP contribution is 2.33. The first-order valence-electron chi connectivity index (χ1n) is 7.13. The van der Waals surface area contributed by atoms with Crippen molar-refractivity contribution in [1.82, 2.24) is 15.0 Å². The van der Waals surface area contributed by atoms with Crippen molar-refractivity contribution in [2.24, 2.45) is 5.73 Å². The fourth-order valence-corrected chi connectivity index (χ4v) is 4.17. The van der Waals surface area contributed by atoms with Crippen molar-refractivity contribution < 1.29 is 4.52 Å². The Balaban J connectivity index is 1.75. The normalized spacial score (nSPS) is 33.5. The predicted octanol–water partition coefficient (Wildman–Crippen LogP) is 1.77. The highest BCUT2D eigenvalue weighted by molar-refractivity contribution is 7.99. The molecular formula is C13H22N4OS. The van der Waals surface area contributed by atoms with Gasteiger partial charge < -0.3 is 10.3 Å². The Morgan fingerprint density at radius 3 is 3.00 bits per heavy atom. The molecule has 1 aromatic rings. The molecule has 0 spiro atoms. The lowest BCUT2D eigenvalue weighted by molar-refractivity contribution is 0.253. The molecule has 6 heteroatoms. The highest BCUT2D eigenvalue weighted by atomic mass is 32.2. The molecule has 1 aliphatic carbocycles. The van der Waals surface area contributed by atoms with Gasteiger partial charge in [-0.3, -0.25) is 4.90 Å². The summed E-state index contributed by atoms with van der Waals surface area (Å²) in [4.78, 5) is 6.96. The molecule has 1 aliphatic heterocycles. The number of nitrogens with zero attached hydrogens (tertiary/aromatic N) is 3. The van der Waals surface area contributed by atoms with Gasteiger partial charge in [-0.05, 0) is 19.9 Å². The van der Waals surface area contributed by atoms with Gasteiger partial charge in [0.05, 0.1) is 12.0 Å². The summed E-state index contributed by atoms with van der Waals surface area (Å²) in [6, 6.07) is 0.469. The summed E-state index contributed by atoms with van der Waals surface area (Å²) in [6.45, 7) is 1.09. The number of nitrogens with two attached hydrogens (primary N) is 1. The Hall–Kier alpha value is -0.590. The Kier molecular flexibility index (Phi) is 4.10. The molecule has 1 saturated heterocycles. The lowest BCUT2D eigenvalue weighted by Crippen LogP contribution is -2.33. The van der Waals surface area contributed by atoms with E-state index in [0.29, 0.717) is 0 Å². The first kappa shape index (κ1) is 13.4. The van der Waals surface area contributed by atoms with Crippen LogP contribution < -0.4 is 5.73 Å². The number of aromatic nitrogens is 2.